The smallest absolute Gasteiger partial charge is 0.249 e. The summed E-state index contributed by atoms with van der Waals surface area (Å²) in [6, 6.07) is 9.19. The fourth-order valence-corrected chi connectivity index (χ4v) is 2.59. The SMILES string of the molecule is CNCC(C)C(=O)NC1CCCN(c2ccccc2)C1=O. The highest BCUT2D eigenvalue weighted by atomic mass is 16.2. The van der Waals surface area contributed by atoms with Crippen molar-refractivity contribution in [3.63, 3.8) is 0 Å². The number of hydrogen-bond donors (Lipinski definition) is 2. The Balaban J connectivity index is 2.02. The van der Waals surface area contributed by atoms with E-state index in [2.05, 4.69) is 10.6 Å². The van der Waals surface area contributed by atoms with Gasteiger partial charge in [-0.1, -0.05) is 25.1 Å². The predicted molar refractivity (Wildman–Crippen MR) is 83.1 cm³/mol. The molecule has 2 N–H and O–H groups in total. The molecule has 1 fully saturated rings. The van der Waals surface area contributed by atoms with E-state index < -0.39 is 6.04 Å². The molecule has 21 heavy (non-hydrogen) atoms. The van der Waals surface area contributed by atoms with Gasteiger partial charge in [-0.3, -0.25) is 9.59 Å². The molecule has 1 aliphatic heterocycles. The number of para-hydroxylation sites is 1. The van der Waals surface area contributed by atoms with Gasteiger partial charge in [-0.25, -0.2) is 0 Å². The third kappa shape index (κ3) is 3.82. The molecular formula is C16H23N3O2. The number of nitrogens with one attached hydrogen (secondary N) is 2. The van der Waals surface area contributed by atoms with Crippen LogP contribution in [-0.2, 0) is 9.59 Å². The Labute approximate surface area is 125 Å². The summed E-state index contributed by atoms with van der Waals surface area (Å²) in [6.45, 7) is 3.17. The first-order valence-electron chi connectivity index (χ1n) is 7.45. The van der Waals surface area contributed by atoms with E-state index in [0.29, 0.717) is 19.5 Å². The fourth-order valence-electron chi connectivity index (χ4n) is 2.59. The van der Waals surface area contributed by atoms with Crippen LogP contribution in [0.25, 0.3) is 0 Å². The molecule has 1 aliphatic rings. The molecule has 114 valence electrons. The van der Waals surface area contributed by atoms with Crippen LogP contribution in [0.3, 0.4) is 0 Å². The lowest BCUT2D eigenvalue weighted by molar-refractivity contribution is -0.130. The first-order valence-corrected chi connectivity index (χ1v) is 7.45. The second-order valence-electron chi connectivity index (χ2n) is 5.49. The molecule has 1 saturated heterocycles. The van der Waals surface area contributed by atoms with Gasteiger partial charge in [-0.05, 0) is 32.0 Å². The van der Waals surface area contributed by atoms with E-state index in [0.717, 1.165) is 12.1 Å². The van der Waals surface area contributed by atoms with Crippen molar-refractivity contribution in [1.29, 1.82) is 0 Å². The number of piperidine rings is 1. The maximum absolute atomic E-state index is 12.5. The van der Waals surface area contributed by atoms with Crippen LogP contribution < -0.4 is 15.5 Å². The van der Waals surface area contributed by atoms with Crippen molar-refractivity contribution in [2.24, 2.45) is 5.92 Å². The van der Waals surface area contributed by atoms with Crippen LogP contribution in [0.4, 0.5) is 5.69 Å². The van der Waals surface area contributed by atoms with Crippen molar-refractivity contribution in [3.8, 4) is 0 Å². The molecular weight excluding hydrogens is 266 g/mol. The van der Waals surface area contributed by atoms with Crippen LogP contribution >= 0.6 is 0 Å². The minimum atomic E-state index is -0.411. The number of carbonyl (C=O) groups excluding carboxylic acids is 2. The molecule has 2 unspecified atom stereocenters. The lowest BCUT2D eigenvalue weighted by Gasteiger charge is -2.33. The molecule has 1 aromatic rings. The number of carbonyl (C=O) groups is 2. The van der Waals surface area contributed by atoms with Gasteiger partial charge in [0.2, 0.25) is 11.8 Å². The standard InChI is InChI=1S/C16H23N3O2/c1-12(11-17-2)15(20)18-14-9-6-10-19(16(14)21)13-7-4-3-5-8-13/h3-5,7-8,12,14,17H,6,9-11H2,1-2H3,(H,18,20). The topological polar surface area (TPSA) is 61.4 Å². The van der Waals surface area contributed by atoms with Gasteiger partial charge in [0.15, 0.2) is 0 Å². The second kappa shape index (κ2) is 7.22. The van der Waals surface area contributed by atoms with Gasteiger partial charge >= 0.3 is 0 Å². The first kappa shape index (κ1) is 15.5. The zero-order valence-electron chi connectivity index (χ0n) is 12.6. The summed E-state index contributed by atoms with van der Waals surface area (Å²) in [4.78, 5) is 26.4. The summed E-state index contributed by atoms with van der Waals surface area (Å²) in [5.41, 5.74) is 0.893. The van der Waals surface area contributed by atoms with Gasteiger partial charge in [-0.15, -0.1) is 0 Å². The fraction of sp³-hybridized carbons (Fsp3) is 0.500. The van der Waals surface area contributed by atoms with Crippen molar-refractivity contribution in [1.82, 2.24) is 10.6 Å². The highest BCUT2D eigenvalue weighted by Crippen LogP contribution is 2.20. The van der Waals surface area contributed by atoms with E-state index in [1.165, 1.54) is 0 Å². The molecule has 5 heteroatoms. The number of hydrogen-bond acceptors (Lipinski definition) is 3. The van der Waals surface area contributed by atoms with Crippen molar-refractivity contribution < 1.29 is 9.59 Å². The van der Waals surface area contributed by atoms with E-state index >= 15 is 0 Å². The van der Waals surface area contributed by atoms with Crippen LogP contribution in [0.1, 0.15) is 19.8 Å². The maximum Gasteiger partial charge on any atom is 0.249 e. The Hall–Kier alpha value is -1.88. The lowest BCUT2D eigenvalue weighted by Crippen LogP contribution is -2.53. The number of nitrogens with zero attached hydrogens (tertiary/aromatic N) is 1. The Morgan fingerprint density at radius 2 is 2.10 bits per heavy atom. The molecule has 0 aliphatic carbocycles. The highest BCUT2D eigenvalue weighted by Gasteiger charge is 2.31. The average Bonchev–Trinajstić information content (AvgIpc) is 2.50. The lowest BCUT2D eigenvalue weighted by atomic mass is 10.0. The van der Waals surface area contributed by atoms with Gasteiger partial charge in [0.25, 0.3) is 0 Å². The van der Waals surface area contributed by atoms with Crippen molar-refractivity contribution >= 4 is 17.5 Å². The molecule has 0 saturated carbocycles. The number of amides is 2. The molecule has 0 bridgehead atoms. The average molecular weight is 289 g/mol. The Kier molecular flexibility index (Phi) is 5.33. The highest BCUT2D eigenvalue weighted by molar-refractivity contribution is 6.00. The molecule has 5 nitrogen and oxygen atoms in total. The predicted octanol–water partition coefficient (Wildman–Crippen LogP) is 1.15. The Morgan fingerprint density at radius 3 is 2.76 bits per heavy atom. The van der Waals surface area contributed by atoms with Crippen LogP contribution in [-0.4, -0.2) is 38.0 Å². The summed E-state index contributed by atoms with van der Waals surface area (Å²) >= 11 is 0. The van der Waals surface area contributed by atoms with E-state index in [1.54, 1.807) is 4.90 Å². The van der Waals surface area contributed by atoms with Crippen molar-refractivity contribution in [3.05, 3.63) is 30.3 Å². The third-order valence-corrected chi connectivity index (χ3v) is 3.78. The Morgan fingerprint density at radius 1 is 1.38 bits per heavy atom. The zero-order valence-corrected chi connectivity index (χ0v) is 12.6. The van der Waals surface area contributed by atoms with Crippen LogP contribution in [0, 0.1) is 5.92 Å². The van der Waals surface area contributed by atoms with Crippen molar-refractivity contribution in [2.75, 3.05) is 25.0 Å². The van der Waals surface area contributed by atoms with Crippen molar-refractivity contribution in [2.45, 2.75) is 25.8 Å². The summed E-state index contributed by atoms with van der Waals surface area (Å²) in [5, 5.41) is 5.86. The van der Waals surface area contributed by atoms with Gasteiger partial charge in [0.1, 0.15) is 6.04 Å². The van der Waals surface area contributed by atoms with E-state index in [1.807, 2.05) is 44.3 Å². The minimum Gasteiger partial charge on any atom is -0.344 e. The summed E-state index contributed by atoms with van der Waals surface area (Å²) in [7, 11) is 1.81. The quantitative estimate of drug-likeness (QED) is 0.855. The molecule has 2 amide bonds. The summed E-state index contributed by atoms with van der Waals surface area (Å²) in [5.74, 6) is -0.232. The Bertz CT molecular complexity index is 490. The van der Waals surface area contributed by atoms with E-state index in [9.17, 15) is 9.59 Å². The van der Waals surface area contributed by atoms with Gasteiger partial charge in [0, 0.05) is 24.7 Å². The third-order valence-electron chi connectivity index (χ3n) is 3.78. The number of rotatable bonds is 5. The number of anilines is 1. The van der Waals surface area contributed by atoms with Gasteiger partial charge in [0.05, 0.1) is 0 Å². The van der Waals surface area contributed by atoms with Crippen LogP contribution in [0.5, 0.6) is 0 Å². The zero-order chi connectivity index (χ0) is 15.2. The molecule has 2 atom stereocenters. The second-order valence-corrected chi connectivity index (χ2v) is 5.49. The normalized spacial score (nSPS) is 20.2. The number of benzene rings is 1. The molecule has 1 aromatic carbocycles. The van der Waals surface area contributed by atoms with Crippen LogP contribution in [0.15, 0.2) is 30.3 Å². The summed E-state index contributed by atoms with van der Waals surface area (Å²) in [6.07, 6.45) is 1.60. The summed E-state index contributed by atoms with van der Waals surface area (Å²) < 4.78 is 0. The monoisotopic (exact) mass is 289 g/mol. The molecule has 0 spiro atoms. The maximum atomic E-state index is 12.5. The molecule has 1 heterocycles. The minimum absolute atomic E-state index is 0.0162. The van der Waals surface area contributed by atoms with Gasteiger partial charge in [-0.2, -0.15) is 0 Å². The molecule has 2 rings (SSSR count). The molecule has 0 aromatic heterocycles. The van der Waals surface area contributed by atoms with Gasteiger partial charge < -0.3 is 15.5 Å². The first-order chi connectivity index (χ1) is 10.1. The molecule has 0 radical (unpaired) electrons. The largest absolute Gasteiger partial charge is 0.344 e. The van der Waals surface area contributed by atoms with Crippen LogP contribution in [0.2, 0.25) is 0 Å². The van der Waals surface area contributed by atoms with E-state index in [4.69, 9.17) is 0 Å². The van der Waals surface area contributed by atoms with E-state index in [-0.39, 0.29) is 17.7 Å².